The van der Waals surface area contributed by atoms with Gasteiger partial charge in [-0.3, -0.25) is 9.59 Å². The van der Waals surface area contributed by atoms with Crippen molar-refractivity contribution >= 4 is 23.2 Å². The van der Waals surface area contributed by atoms with Crippen molar-refractivity contribution in [2.75, 3.05) is 32.7 Å². The third-order valence-electron chi connectivity index (χ3n) is 3.84. The van der Waals surface area contributed by atoms with Gasteiger partial charge >= 0.3 is 0 Å². The second-order valence-corrected chi connectivity index (χ2v) is 6.36. The van der Waals surface area contributed by atoms with Gasteiger partial charge in [0.05, 0.1) is 11.4 Å². The lowest BCUT2D eigenvalue weighted by atomic mass is 10.2. The molecule has 1 aromatic heterocycles. The highest BCUT2D eigenvalue weighted by atomic mass is 32.1. The number of aryl methyl sites for hydroxylation is 2. The van der Waals surface area contributed by atoms with Crippen LogP contribution in [0.3, 0.4) is 0 Å². The highest BCUT2D eigenvalue weighted by molar-refractivity contribution is 7.14. The van der Waals surface area contributed by atoms with Crippen molar-refractivity contribution in [3.8, 4) is 0 Å². The van der Waals surface area contributed by atoms with Gasteiger partial charge in [0.2, 0.25) is 5.91 Å². The summed E-state index contributed by atoms with van der Waals surface area (Å²) in [5, 5.41) is 5.95. The van der Waals surface area contributed by atoms with Gasteiger partial charge < -0.3 is 15.5 Å². The normalized spacial score (nSPS) is 17.9. The molecular formula is C14H19N3O2S. The van der Waals surface area contributed by atoms with Crippen molar-refractivity contribution in [1.82, 2.24) is 15.5 Å². The number of carbonyl (C=O) groups excluding carboxylic acids is 2. The molecule has 1 saturated heterocycles. The molecule has 1 aliphatic carbocycles. The van der Waals surface area contributed by atoms with Gasteiger partial charge in [0.25, 0.3) is 5.91 Å². The fourth-order valence-corrected chi connectivity index (χ4v) is 3.88. The van der Waals surface area contributed by atoms with Crippen LogP contribution < -0.4 is 10.6 Å². The number of piperazine rings is 1. The molecule has 1 fully saturated rings. The van der Waals surface area contributed by atoms with Crippen molar-refractivity contribution in [2.45, 2.75) is 19.3 Å². The summed E-state index contributed by atoms with van der Waals surface area (Å²) < 4.78 is 0. The number of rotatable bonds is 3. The molecule has 0 radical (unpaired) electrons. The number of thiophene rings is 1. The maximum Gasteiger partial charge on any atom is 0.261 e. The third kappa shape index (κ3) is 2.86. The Morgan fingerprint density at radius 3 is 2.85 bits per heavy atom. The van der Waals surface area contributed by atoms with Crippen molar-refractivity contribution in [3.63, 3.8) is 0 Å². The maximum absolute atomic E-state index is 12.1. The van der Waals surface area contributed by atoms with Crippen LogP contribution in [0.1, 0.15) is 26.5 Å². The summed E-state index contributed by atoms with van der Waals surface area (Å²) in [7, 11) is 0. The predicted octanol–water partition coefficient (Wildman–Crippen LogP) is 0.398. The van der Waals surface area contributed by atoms with Gasteiger partial charge in [-0.25, -0.2) is 0 Å². The molecule has 2 amide bonds. The van der Waals surface area contributed by atoms with E-state index in [1.165, 1.54) is 16.9 Å². The van der Waals surface area contributed by atoms with Gasteiger partial charge in [-0.2, -0.15) is 0 Å². The van der Waals surface area contributed by atoms with E-state index in [2.05, 4.69) is 10.6 Å². The minimum absolute atomic E-state index is 0.00365. The van der Waals surface area contributed by atoms with Crippen LogP contribution in [0.5, 0.6) is 0 Å². The van der Waals surface area contributed by atoms with E-state index < -0.39 is 0 Å². The molecule has 0 spiro atoms. The van der Waals surface area contributed by atoms with E-state index in [9.17, 15) is 9.59 Å². The minimum atomic E-state index is -0.118. The van der Waals surface area contributed by atoms with Crippen LogP contribution in [0.25, 0.3) is 0 Å². The first-order valence-electron chi connectivity index (χ1n) is 7.12. The van der Waals surface area contributed by atoms with Crippen molar-refractivity contribution in [3.05, 3.63) is 21.4 Å². The summed E-state index contributed by atoms with van der Waals surface area (Å²) in [6.07, 6.45) is 3.37. The number of nitrogens with zero attached hydrogens (tertiary/aromatic N) is 1. The first kappa shape index (κ1) is 13.6. The number of hydrogen-bond donors (Lipinski definition) is 2. The van der Waals surface area contributed by atoms with E-state index >= 15 is 0 Å². The van der Waals surface area contributed by atoms with E-state index in [0.717, 1.165) is 43.9 Å². The van der Waals surface area contributed by atoms with Gasteiger partial charge in [-0.1, -0.05) is 0 Å². The summed E-state index contributed by atoms with van der Waals surface area (Å²) in [5.74, 6) is -0.114. The maximum atomic E-state index is 12.1. The lowest BCUT2D eigenvalue weighted by Crippen LogP contribution is -2.49. The fourth-order valence-electron chi connectivity index (χ4n) is 2.71. The molecule has 6 heteroatoms. The highest BCUT2D eigenvalue weighted by Crippen LogP contribution is 2.30. The Bertz CT molecular complexity index is 499. The predicted molar refractivity (Wildman–Crippen MR) is 78.1 cm³/mol. The number of nitrogens with one attached hydrogen (secondary N) is 2. The molecule has 0 saturated carbocycles. The molecule has 3 rings (SSSR count). The second-order valence-electron chi connectivity index (χ2n) is 5.23. The van der Waals surface area contributed by atoms with Gasteiger partial charge in [-0.15, -0.1) is 11.3 Å². The number of fused-ring (bicyclic) bond motifs is 1. The van der Waals surface area contributed by atoms with E-state index in [0.29, 0.717) is 0 Å². The summed E-state index contributed by atoms with van der Waals surface area (Å²) in [5.41, 5.74) is 1.31. The van der Waals surface area contributed by atoms with E-state index in [4.69, 9.17) is 0 Å². The van der Waals surface area contributed by atoms with Crippen molar-refractivity contribution < 1.29 is 9.59 Å². The molecule has 2 N–H and O–H groups in total. The largest absolute Gasteiger partial charge is 0.342 e. The topological polar surface area (TPSA) is 61.4 Å². The van der Waals surface area contributed by atoms with Gasteiger partial charge in [0.15, 0.2) is 0 Å². The monoisotopic (exact) mass is 293 g/mol. The van der Waals surface area contributed by atoms with Crippen molar-refractivity contribution in [2.24, 2.45) is 0 Å². The minimum Gasteiger partial charge on any atom is -0.342 e. The Labute approximate surface area is 122 Å². The number of hydrogen-bond acceptors (Lipinski definition) is 4. The average molecular weight is 293 g/mol. The van der Waals surface area contributed by atoms with E-state index in [1.807, 2.05) is 6.07 Å². The zero-order valence-electron chi connectivity index (χ0n) is 11.4. The first-order valence-corrected chi connectivity index (χ1v) is 7.94. The molecule has 2 aliphatic rings. The SMILES string of the molecule is O=C(NCC(=O)N1CCNCC1)c1cc2c(s1)CCC2. The summed E-state index contributed by atoms with van der Waals surface area (Å²) in [6, 6.07) is 1.98. The van der Waals surface area contributed by atoms with Crippen LogP contribution in [-0.4, -0.2) is 49.4 Å². The van der Waals surface area contributed by atoms with Gasteiger partial charge in [-0.05, 0) is 30.9 Å². The molecule has 0 atom stereocenters. The van der Waals surface area contributed by atoms with Crippen LogP contribution in [0, 0.1) is 0 Å². The molecular weight excluding hydrogens is 274 g/mol. The lowest BCUT2D eigenvalue weighted by Gasteiger charge is -2.27. The van der Waals surface area contributed by atoms with Crippen LogP contribution in [-0.2, 0) is 17.6 Å². The summed E-state index contributed by atoms with van der Waals surface area (Å²) >= 11 is 1.57. The molecule has 0 bridgehead atoms. The zero-order chi connectivity index (χ0) is 13.9. The second kappa shape index (κ2) is 5.93. The first-order chi connectivity index (χ1) is 9.74. The molecule has 1 aliphatic heterocycles. The van der Waals surface area contributed by atoms with Crippen LogP contribution in [0.15, 0.2) is 6.07 Å². The zero-order valence-corrected chi connectivity index (χ0v) is 12.2. The van der Waals surface area contributed by atoms with Gasteiger partial charge in [0, 0.05) is 31.1 Å². The standard InChI is InChI=1S/C14H19N3O2S/c18-13(17-6-4-15-5-7-17)9-16-14(19)12-8-10-2-1-3-11(10)20-12/h8,15H,1-7,9H2,(H,16,19). The highest BCUT2D eigenvalue weighted by Gasteiger charge is 2.20. The van der Waals surface area contributed by atoms with E-state index in [-0.39, 0.29) is 18.4 Å². The fraction of sp³-hybridized carbons (Fsp3) is 0.571. The lowest BCUT2D eigenvalue weighted by molar-refractivity contribution is -0.130. The molecule has 2 heterocycles. The summed E-state index contributed by atoms with van der Waals surface area (Å²) in [6.45, 7) is 3.21. The van der Waals surface area contributed by atoms with Crippen LogP contribution in [0.2, 0.25) is 0 Å². The van der Waals surface area contributed by atoms with Crippen LogP contribution in [0.4, 0.5) is 0 Å². The molecule has 108 valence electrons. The average Bonchev–Trinajstić information content (AvgIpc) is 3.06. The number of amides is 2. The Balaban J connectivity index is 1.52. The Morgan fingerprint density at radius 1 is 1.30 bits per heavy atom. The van der Waals surface area contributed by atoms with Crippen molar-refractivity contribution in [1.29, 1.82) is 0 Å². The van der Waals surface area contributed by atoms with Crippen LogP contribution >= 0.6 is 11.3 Å². The molecule has 20 heavy (non-hydrogen) atoms. The molecule has 0 aromatic carbocycles. The smallest absolute Gasteiger partial charge is 0.261 e. The Morgan fingerprint density at radius 2 is 2.10 bits per heavy atom. The molecule has 0 unspecified atom stereocenters. The Hall–Kier alpha value is -1.40. The quantitative estimate of drug-likeness (QED) is 0.848. The third-order valence-corrected chi connectivity index (χ3v) is 5.08. The number of carbonyl (C=O) groups is 2. The van der Waals surface area contributed by atoms with E-state index in [1.54, 1.807) is 16.2 Å². The molecule has 5 nitrogen and oxygen atoms in total. The Kier molecular flexibility index (Phi) is 4.03. The summed E-state index contributed by atoms with van der Waals surface area (Å²) in [4.78, 5) is 27.9. The molecule has 1 aromatic rings. The van der Waals surface area contributed by atoms with Gasteiger partial charge in [0.1, 0.15) is 0 Å².